The van der Waals surface area contributed by atoms with Crippen molar-refractivity contribution in [2.75, 3.05) is 0 Å². The third-order valence-electron chi connectivity index (χ3n) is 1.17. The van der Waals surface area contributed by atoms with Crippen LogP contribution in [-0.2, 0) is 22.2 Å². The highest BCUT2D eigenvalue weighted by Gasteiger charge is 1.94. The first-order valence-electron chi connectivity index (χ1n) is 3.07. The Morgan fingerprint density at radius 3 is 2.55 bits per heavy atom. The predicted molar refractivity (Wildman–Crippen MR) is 42.0 cm³/mol. The Morgan fingerprint density at radius 1 is 1.36 bits per heavy atom. The molecule has 0 fully saturated rings. The molecule has 1 aromatic rings. The Balaban J connectivity index is 2.45. The van der Waals surface area contributed by atoms with Crippen LogP contribution in [-0.4, -0.2) is 8.76 Å². The van der Waals surface area contributed by atoms with E-state index < -0.39 is 11.4 Å². The molecule has 0 aliphatic rings. The maximum Gasteiger partial charge on any atom is 0.302 e. The van der Waals surface area contributed by atoms with Gasteiger partial charge in [-0.25, -0.2) is 0 Å². The molecule has 0 saturated heterocycles. The van der Waals surface area contributed by atoms with Crippen molar-refractivity contribution in [3.8, 4) is 0 Å². The Morgan fingerprint density at radius 2 is 2.00 bits per heavy atom. The highest BCUT2D eigenvalue weighted by atomic mass is 32.2. The molecule has 0 bridgehead atoms. The van der Waals surface area contributed by atoms with Crippen LogP contribution in [0, 0.1) is 0 Å². The molecule has 4 heteroatoms. The third kappa shape index (κ3) is 3.27. The van der Waals surface area contributed by atoms with E-state index in [2.05, 4.69) is 4.18 Å². The van der Waals surface area contributed by atoms with Gasteiger partial charge in [0.25, 0.3) is 0 Å². The van der Waals surface area contributed by atoms with E-state index in [0.717, 1.165) is 5.56 Å². The molecule has 11 heavy (non-hydrogen) atoms. The van der Waals surface area contributed by atoms with Crippen LogP contribution in [0.4, 0.5) is 0 Å². The highest BCUT2D eigenvalue weighted by molar-refractivity contribution is 7.74. The monoisotopic (exact) mass is 172 g/mol. The van der Waals surface area contributed by atoms with Gasteiger partial charge in [-0.3, -0.25) is 8.74 Å². The van der Waals surface area contributed by atoms with Gasteiger partial charge in [0.2, 0.25) is 0 Å². The first-order chi connectivity index (χ1) is 5.29. The zero-order chi connectivity index (χ0) is 8.10. The van der Waals surface area contributed by atoms with Crippen LogP contribution in [0.15, 0.2) is 30.3 Å². The summed E-state index contributed by atoms with van der Waals surface area (Å²) in [4.78, 5) is 0. The van der Waals surface area contributed by atoms with E-state index in [9.17, 15) is 4.21 Å². The van der Waals surface area contributed by atoms with Crippen molar-refractivity contribution < 1.29 is 12.9 Å². The zero-order valence-corrected chi connectivity index (χ0v) is 6.58. The van der Waals surface area contributed by atoms with E-state index in [1.54, 1.807) is 0 Å². The lowest BCUT2D eigenvalue weighted by Crippen LogP contribution is -1.94. The van der Waals surface area contributed by atoms with Crippen molar-refractivity contribution in [1.82, 2.24) is 0 Å². The summed E-state index contributed by atoms with van der Waals surface area (Å²) in [5.41, 5.74) is 0.884. The van der Waals surface area contributed by atoms with Crippen molar-refractivity contribution in [2.24, 2.45) is 0 Å². The van der Waals surface area contributed by atoms with Gasteiger partial charge in [-0.05, 0) is 5.56 Å². The van der Waals surface area contributed by atoms with Crippen molar-refractivity contribution in [3.63, 3.8) is 0 Å². The minimum Gasteiger partial charge on any atom is -0.284 e. The highest BCUT2D eigenvalue weighted by Crippen LogP contribution is 2.00. The summed E-state index contributed by atoms with van der Waals surface area (Å²) in [5, 5.41) is 0. The van der Waals surface area contributed by atoms with Gasteiger partial charge in [0.15, 0.2) is 0 Å². The van der Waals surface area contributed by atoms with Crippen molar-refractivity contribution in [2.45, 2.75) is 6.61 Å². The summed E-state index contributed by atoms with van der Waals surface area (Å²) < 4.78 is 22.8. The number of rotatable bonds is 3. The van der Waals surface area contributed by atoms with Crippen LogP contribution in [0.1, 0.15) is 5.56 Å². The van der Waals surface area contributed by atoms with Crippen LogP contribution in [0.5, 0.6) is 0 Å². The maximum atomic E-state index is 10.1. The van der Waals surface area contributed by atoms with Crippen molar-refractivity contribution >= 4 is 11.4 Å². The number of benzene rings is 1. The van der Waals surface area contributed by atoms with E-state index in [-0.39, 0.29) is 6.61 Å². The van der Waals surface area contributed by atoms with E-state index >= 15 is 0 Å². The molecular formula is C7H8O3S. The normalized spacial score (nSPS) is 12.8. The van der Waals surface area contributed by atoms with Crippen molar-refractivity contribution in [3.05, 3.63) is 35.9 Å². The molecule has 1 atom stereocenters. The Hall–Kier alpha value is -0.710. The van der Waals surface area contributed by atoms with Gasteiger partial charge in [-0.2, -0.15) is 4.21 Å². The number of hydrogen-bond acceptors (Lipinski definition) is 2. The summed E-state index contributed by atoms with van der Waals surface area (Å²) in [5.74, 6) is 0. The topological polar surface area (TPSA) is 46.5 Å². The zero-order valence-electron chi connectivity index (χ0n) is 5.77. The lowest BCUT2D eigenvalue weighted by molar-refractivity contribution is 0.297. The fraction of sp³-hybridized carbons (Fsp3) is 0.143. The second-order valence-corrected chi connectivity index (χ2v) is 2.63. The fourth-order valence-corrected chi connectivity index (χ4v) is 0.930. The van der Waals surface area contributed by atoms with Gasteiger partial charge in [0.05, 0.1) is 6.61 Å². The minimum atomic E-state index is -2.17. The van der Waals surface area contributed by atoms with E-state index in [4.69, 9.17) is 4.55 Å². The molecule has 1 unspecified atom stereocenters. The molecule has 1 N–H and O–H groups in total. The van der Waals surface area contributed by atoms with Gasteiger partial charge >= 0.3 is 11.4 Å². The molecule has 1 rings (SSSR count). The molecule has 1 aromatic carbocycles. The first kappa shape index (κ1) is 8.39. The summed E-state index contributed by atoms with van der Waals surface area (Å²) in [6.45, 7) is 0.171. The Kier molecular flexibility index (Phi) is 3.22. The average molecular weight is 172 g/mol. The lowest BCUT2D eigenvalue weighted by Gasteiger charge is -1.96. The fourth-order valence-electron chi connectivity index (χ4n) is 0.693. The molecule has 0 aliphatic carbocycles. The summed E-state index contributed by atoms with van der Waals surface area (Å²) in [6.07, 6.45) is 0. The molecule has 60 valence electrons. The molecule has 3 nitrogen and oxygen atoms in total. The first-order valence-corrected chi connectivity index (χ1v) is 4.10. The maximum absolute atomic E-state index is 10.1. The van der Waals surface area contributed by atoms with Crippen LogP contribution in [0.2, 0.25) is 0 Å². The molecule has 0 saturated carbocycles. The summed E-state index contributed by atoms with van der Waals surface area (Å²) in [6, 6.07) is 9.22. The van der Waals surface area contributed by atoms with Gasteiger partial charge in [-0.1, -0.05) is 30.3 Å². The standard InChI is InChI=1S/C7H8O3S/c8-11(9)10-6-7-4-2-1-3-5-7/h1-5H,6H2,(H,8,9). The predicted octanol–water partition coefficient (Wildman–Crippen LogP) is 1.34. The van der Waals surface area contributed by atoms with Gasteiger partial charge < -0.3 is 0 Å². The third-order valence-corrected chi connectivity index (χ3v) is 1.49. The van der Waals surface area contributed by atoms with Gasteiger partial charge in [-0.15, -0.1) is 0 Å². The van der Waals surface area contributed by atoms with Crippen molar-refractivity contribution in [1.29, 1.82) is 0 Å². The lowest BCUT2D eigenvalue weighted by atomic mass is 10.2. The largest absolute Gasteiger partial charge is 0.302 e. The minimum absolute atomic E-state index is 0.171. The molecule has 0 radical (unpaired) electrons. The molecule has 0 heterocycles. The molecular weight excluding hydrogens is 164 g/mol. The Labute approximate surface area is 67.5 Å². The van der Waals surface area contributed by atoms with Crippen LogP contribution in [0.3, 0.4) is 0 Å². The second kappa shape index (κ2) is 4.23. The SMILES string of the molecule is O=S(O)OCc1ccccc1. The second-order valence-electron chi connectivity index (χ2n) is 1.96. The van der Waals surface area contributed by atoms with Gasteiger partial charge in [0, 0.05) is 0 Å². The van der Waals surface area contributed by atoms with Crippen LogP contribution < -0.4 is 0 Å². The van der Waals surface area contributed by atoms with Crippen LogP contribution >= 0.6 is 0 Å². The van der Waals surface area contributed by atoms with E-state index in [0.29, 0.717) is 0 Å². The molecule has 0 spiro atoms. The van der Waals surface area contributed by atoms with E-state index in [1.165, 1.54) is 0 Å². The van der Waals surface area contributed by atoms with Crippen LogP contribution in [0.25, 0.3) is 0 Å². The van der Waals surface area contributed by atoms with E-state index in [1.807, 2.05) is 30.3 Å². The quantitative estimate of drug-likeness (QED) is 0.700. The average Bonchev–Trinajstić information content (AvgIpc) is 2.03. The number of hydrogen-bond donors (Lipinski definition) is 1. The Bertz CT molecular complexity index is 235. The summed E-state index contributed by atoms with van der Waals surface area (Å²) >= 11 is -2.17. The molecule has 0 amide bonds. The summed E-state index contributed by atoms with van der Waals surface area (Å²) in [7, 11) is 0. The van der Waals surface area contributed by atoms with Gasteiger partial charge in [0.1, 0.15) is 0 Å². The smallest absolute Gasteiger partial charge is 0.284 e. The molecule has 0 aliphatic heterocycles. The molecule has 0 aromatic heterocycles.